The molecule has 0 aliphatic heterocycles. The second kappa shape index (κ2) is 4.43. The zero-order valence-electron chi connectivity index (χ0n) is 9.34. The molecular weight excluding hydrogens is 160 g/mol. The summed E-state index contributed by atoms with van der Waals surface area (Å²) in [5, 5.41) is 0. The van der Waals surface area contributed by atoms with Crippen molar-refractivity contribution < 1.29 is 0 Å². The minimum atomic E-state index is 0.196. The highest BCUT2D eigenvalue weighted by atomic mass is 15.1. The van der Waals surface area contributed by atoms with Crippen LogP contribution in [0.25, 0.3) is 0 Å². The van der Waals surface area contributed by atoms with Crippen LogP contribution in [-0.4, -0.2) is 30.1 Å². The molecule has 2 heteroatoms. The van der Waals surface area contributed by atoms with Crippen LogP contribution in [0.2, 0.25) is 0 Å². The van der Waals surface area contributed by atoms with E-state index >= 15 is 0 Å². The average Bonchev–Trinajstić information content (AvgIpc) is 2.09. The Morgan fingerprint density at radius 1 is 1.46 bits per heavy atom. The minimum Gasteiger partial charge on any atom is -0.325 e. The fourth-order valence-corrected chi connectivity index (χ4v) is 1.81. The lowest BCUT2D eigenvalue weighted by Crippen LogP contribution is -2.49. The summed E-state index contributed by atoms with van der Waals surface area (Å²) in [6.07, 6.45) is 6.22. The van der Waals surface area contributed by atoms with Crippen molar-refractivity contribution in [2.45, 2.75) is 57.5 Å². The first-order chi connectivity index (χ1) is 6.07. The molecule has 0 heterocycles. The number of rotatable bonds is 5. The van der Waals surface area contributed by atoms with Crippen molar-refractivity contribution >= 4 is 0 Å². The molecule has 1 saturated carbocycles. The third-order valence-corrected chi connectivity index (χ3v) is 3.66. The van der Waals surface area contributed by atoms with Crippen LogP contribution < -0.4 is 5.73 Å². The quantitative estimate of drug-likeness (QED) is 0.708. The van der Waals surface area contributed by atoms with Crippen molar-refractivity contribution in [3.8, 4) is 0 Å². The van der Waals surface area contributed by atoms with Crippen molar-refractivity contribution in [3.63, 3.8) is 0 Å². The molecule has 0 spiro atoms. The van der Waals surface area contributed by atoms with Crippen molar-refractivity contribution in [3.05, 3.63) is 0 Å². The van der Waals surface area contributed by atoms with Gasteiger partial charge < -0.3 is 10.6 Å². The van der Waals surface area contributed by atoms with Crippen LogP contribution >= 0.6 is 0 Å². The Bertz CT molecular complexity index is 152. The van der Waals surface area contributed by atoms with Gasteiger partial charge in [0.05, 0.1) is 0 Å². The van der Waals surface area contributed by atoms with Gasteiger partial charge in [0.15, 0.2) is 0 Å². The molecule has 0 aromatic rings. The second-order valence-electron chi connectivity index (χ2n) is 4.70. The highest BCUT2D eigenvalue weighted by Crippen LogP contribution is 2.32. The van der Waals surface area contributed by atoms with Gasteiger partial charge in [0.2, 0.25) is 0 Å². The number of nitrogens with zero attached hydrogens (tertiary/aromatic N) is 1. The fourth-order valence-electron chi connectivity index (χ4n) is 1.81. The molecule has 0 radical (unpaired) electrons. The van der Waals surface area contributed by atoms with Crippen LogP contribution in [0.1, 0.15) is 46.0 Å². The van der Waals surface area contributed by atoms with Crippen molar-refractivity contribution in [2.75, 3.05) is 13.6 Å². The molecule has 1 rings (SSSR count). The monoisotopic (exact) mass is 184 g/mol. The van der Waals surface area contributed by atoms with Gasteiger partial charge in [-0.2, -0.15) is 0 Å². The molecule has 1 aliphatic carbocycles. The Kier molecular flexibility index (Phi) is 3.74. The summed E-state index contributed by atoms with van der Waals surface area (Å²) in [5.41, 5.74) is 6.36. The van der Waals surface area contributed by atoms with E-state index in [1.165, 1.54) is 32.1 Å². The van der Waals surface area contributed by atoms with Gasteiger partial charge >= 0.3 is 0 Å². The number of hydrogen-bond donors (Lipinski definition) is 1. The molecule has 0 amide bonds. The van der Waals surface area contributed by atoms with Gasteiger partial charge in [-0.1, -0.05) is 6.92 Å². The van der Waals surface area contributed by atoms with E-state index in [-0.39, 0.29) is 5.54 Å². The van der Waals surface area contributed by atoms with E-state index in [9.17, 15) is 0 Å². The Labute approximate surface area is 82.5 Å². The van der Waals surface area contributed by atoms with Crippen LogP contribution in [0.15, 0.2) is 0 Å². The molecule has 0 aromatic carbocycles. The van der Waals surface area contributed by atoms with E-state index in [1.807, 2.05) is 0 Å². The van der Waals surface area contributed by atoms with Gasteiger partial charge in [-0.05, 0) is 52.6 Å². The van der Waals surface area contributed by atoms with Crippen LogP contribution in [0.5, 0.6) is 0 Å². The van der Waals surface area contributed by atoms with Gasteiger partial charge in [-0.15, -0.1) is 0 Å². The second-order valence-corrected chi connectivity index (χ2v) is 4.70. The van der Waals surface area contributed by atoms with E-state index < -0.39 is 0 Å². The Balaban J connectivity index is 2.17. The Hall–Kier alpha value is -0.0800. The topological polar surface area (TPSA) is 29.3 Å². The molecule has 13 heavy (non-hydrogen) atoms. The molecule has 2 N–H and O–H groups in total. The van der Waals surface area contributed by atoms with E-state index in [1.54, 1.807) is 0 Å². The standard InChI is InChI=1S/C11H24N2/c1-4-10(2)13(3)9-8-11(12)6-5-7-11/h10H,4-9,12H2,1-3H3. The van der Waals surface area contributed by atoms with E-state index in [4.69, 9.17) is 5.73 Å². The number of hydrogen-bond acceptors (Lipinski definition) is 2. The first kappa shape index (κ1) is 11.0. The summed E-state index contributed by atoms with van der Waals surface area (Å²) in [5.74, 6) is 0. The van der Waals surface area contributed by atoms with E-state index in [0.717, 1.165) is 6.54 Å². The molecule has 1 fully saturated rings. The molecule has 78 valence electrons. The molecule has 1 aliphatic rings. The van der Waals surface area contributed by atoms with Gasteiger partial charge in [-0.25, -0.2) is 0 Å². The zero-order chi connectivity index (χ0) is 9.90. The SMILES string of the molecule is CCC(C)N(C)CCC1(N)CCC1. The predicted octanol–water partition coefficient (Wildman–Crippen LogP) is 1.99. The van der Waals surface area contributed by atoms with Crippen LogP contribution in [0, 0.1) is 0 Å². The highest BCUT2D eigenvalue weighted by Gasteiger charge is 2.32. The molecule has 1 atom stereocenters. The maximum Gasteiger partial charge on any atom is 0.0166 e. The van der Waals surface area contributed by atoms with Crippen LogP contribution in [0.3, 0.4) is 0 Å². The van der Waals surface area contributed by atoms with E-state index in [0.29, 0.717) is 6.04 Å². The zero-order valence-corrected chi connectivity index (χ0v) is 9.34. The summed E-state index contributed by atoms with van der Waals surface area (Å²) in [4.78, 5) is 2.42. The Morgan fingerprint density at radius 3 is 2.46 bits per heavy atom. The largest absolute Gasteiger partial charge is 0.325 e. The van der Waals surface area contributed by atoms with Crippen molar-refractivity contribution in [1.29, 1.82) is 0 Å². The van der Waals surface area contributed by atoms with Gasteiger partial charge in [-0.3, -0.25) is 0 Å². The van der Waals surface area contributed by atoms with Crippen molar-refractivity contribution in [2.24, 2.45) is 5.73 Å². The van der Waals surface area contributed by atoms with Crippen LogP contribution in [-0.2, 0) is 0 Å². The molecule has 0 saturated heterocycles. The lowest BCUT2D eigenvalue weighted by Gasteiger charge is -2.40. The molecule has 2 nitrogen and oxygen atoms in total. The summed E-state index contributed by atoms with van der Waals surface area (Å²) < 4.78 is 0. The lowest BCUT2D eigenvalue weighted by molar-refractivity contribution is 0.174. The molecule has 0 aromatic heterocycles. The maximum atomic E-state index is 6.17. The smallest absolute Gasteiger partial charge is 0.0166 e. The van der Waals surface area contributed by atoms with E-state index in [2.05, 4.69) is 25.8 Å². The predicted molar refractivity (Wildman–Crippen MR) is 57.8 cm³/mol. The normalized spacial score (nSPS) is 22.8. The minimum absolute atomic E-state index is 0.196. The molecule has 0 bridgehead atoms. The highest BCUT2D eigenvalue weighted by molar-refractivity contribution is 4.92. The Morgan fingerprint density at radius 2 is 2.08 bits per heavy atom. The van der Waals surface area contributed by atoms with Gasteiger partial charge in [0.25, 0.3) is 0 Å². The van der Waals surface area contributed by atoms with Crippen molar-refractivity contribution in [1.82, 2.24) is 4.90 Å². The third-order valence-electron chi connectivity index (χ3n) is 3.66. The summed E-state index contributed by atoms with van der Waals surface area (Å²) in [7, 11) is 2.20. The molecular formula is C11H24N2. The van der Waals surface area contributed by atoms with Gasteiger partial charge in [0, 0.05) is 11.6 Å². The molecule has 1 unspecified atom stereocenters. The summed E-state index contributed by atoms with van der Waals surface area (Å²) >= 11 is 0. The van der Waals surface area contributed by atoms with Gasteiger partial charge in [0.1, 0.15) is 0 Å². The first-order valence-electron chi connectivity index (χ1n) is 5.56. The summed E-state index contributed by atoms with van der Waals surface area (Å²) in [6, 6.07) is 0.698. The third kappa shape index (κ3) is 2.96. The van der Waals surface area contributed by atoms with Crippen LogP contribution in [0.4, 0.5) is 0 Å². The fraction of sp³-hybridized carbons (Fsp3) is 1.00. The first-order valence-corrected chi connectivity index (χ1v) is 5.56. The number of nitrogens with two attached hydrogens (primary N) is 1. The average molecular weight is 184 g/mol. The maximum absolute atomic E-state index is 6.17. The lowest BCUT2D eigenvalue weighted by atomic mass is 9.75. The summed E-state index contributed by atoms with van der Waals surface area (Å²) in [6.45, 7) is 5.68.